The molecule has 7 nitrogen and oxygen atoms in total. The Balaban J connectivity index is 2.46. The molecule has 0 saturated heterocycles. The van der Waals surface area contributed by atoms with Crippen molar-refractivity contribution in [3.63, 3.8) is 0 Å². The largest absolute Gasteiger partial charge is 0.492 e. The van der Waals surface area contributed by atoms with Crippen molar-refractivity contribution in [3.8, 4) is 5.75 Å². The van der Waals surface area contributed by atoms with Crippen LogP contribution in [-0.2, 0) is 20.0 Å². The summed E-state index contributed by atoms with van der Waals surface area (Å²) in [4.78, 5) is -0.117. The van der Waals surface area contributed by atoms with Gasteiger partial charge >= 0.3 is 0 Å². The van der Waals surface area contributed by atoms with E-state index in [-0.39, 0.29) is 27.8 Å². The summed E-state index contributed by atoms with van der Waals surface area (Å²) in [5, 5.41) is 0.407. The first-order chi connectivity index (χ1) is 12.1. The molecule has 0 bridgehead atoms. The van der Waals surface area contributed by atoms with Crippen LogP contribution in [0.15, 0.2) is 52.3 Å². The Kier molecular flexibility index (Phi) is 6.17. The second-order valence-electron chi connectivity index (χ2n) is 5.44. The second-order valence-corrected chi connectivity index (χ2v) is 9.68. The van der Waals surface area contributed by atoms with E-state index in [1.807, 2.05) is 0 Å². The Morgan fingerprint density at radius 3 is 2.19 bits per heavy atom. The maximum absolute atomic E-state index is 12.5. The Morgan fingerprint density at radius 1 is 1.04 bits per heavy atom. The predicted octanol–water partition coefficient (Wildman–Crippen LogP) is 2.79. The molecule has 2 aromatic carbocycles. The smallest absolute Gasteiger partial charge is 0.261 e. The first kappa shape index (κ1) is 20.5. The lowest BCUT2D eigenvalue weighted by molar-refractivity contribution is 0.330. The number of nitrogens with one attached hydrogen (secondary N) is 1. The number of nitrogens with zero attached hydrogens (tertiary/aromatic N) is 1. The summed E-state index contributed by atoms with van der Waals surface area (Å²) in [6.45, 7) is 2.00. The Morgan fingerprint density at radius 2 is 1.65 bits per heavy atom. The molecule has 0 fully saturated rings. The Hall–Kier alpha value is -1.81. The van der Waals surface area contributed by atoms with Crippen molar-refractivity contribution < 1.29 is 21.6 Å². The van der Waals surface area contributed by atoms with Gasteiger partial charge in [0, 0.05) is 19.1 Å². The number of hydrogen-bond acceptors (Lipinski definition) is 5. The number of sulfonamides is 2. The lowest BCUT2D eigenvalue weighted by Gasteiger charge is -2.17. The zero-order chi connectivity index (χ0) is 19.5. The summed E-state index contributed by atoms with van der Waals surface area (Å²) in [6, 6.07) is 9.71. The summed E-state index contributed by atoms with van der Waals surface area (Å²) < 4.78 is 58.7. The van der Waals surface area contributed by atoms with Crippen LogP contribution < -0.4 is 9.46 Å². The van der Waals surface area contributed by atoms with Gasteiger partial charge in [-0.3, -0.25) is 4.72 Å². The van der Waals surface area contributed by atoms with Crippen LogP contribution in [0.4, 0.5) is 5.69 Å². The highest BCUT2D eigenvalue weighted by Gasteiger charge is 2.24. The fourth-order valence-electron chi connectivity index (χ4n) is 2.07. The van der Waals surface area contributed by atoms with Crippen molar-refractivity contribution >= 4 is 37.3 Å². The van der Waals surface area contributed by atoms with Crippen LogP contribution in [-0.4, -0.2) is 41.8 Å². The van der Waals surface area contributed by atoms with Crippen molar-refractivity contribution in [3.05, 3.63) is 47.5 Å². The monoisotopic (exact) mass is 418 g/mol. The van der Waals surface area contributed by atoms with Crippen LogP contribution in [0.1, 0.15) is 6.92 Å². The summed E-state index contributed by atoms with van der Waals surface area (Å²) in [5.41, 5.74) is 0.101. The van der Waals surface area contributed by atoms with Gasteiger partial charge in [0.1, 0.15) is 10.6 Å². The van der Waals surface area contributed by atoms with E-state index in [1.165, 1.54) is 56.6 Å². The number of halogens is 1. The molecule has 2 rings (SSSR count). The molecule has 0 spiro atoms. The fraction of sp³-hybridized carbons (Fsp3) is 0.250. The minimum atomic E-state index is -3.90. The van der Waals surface area contributed by atoms with Gasteiger partial charge in [-0.25, -0.2) is 21.1 Å². The predicted molar refractivity (Wildman–Crippen MR) is 101 cm³/mol. The van der Waals surface area contributed by atoms with Gasteiger partial charge in [0.2, 0.25) is 10.0 Å². The maximum atomic E-state index is 12.5. The highest BCUT2D eigenvalue weighted by atomic mass is 35.5. The molecule has 1 N–H and O–H groups in total. The quantitative estimate of drug-likeness (QED) is 0.746. The van der Waals surface area contributed by atoms with Gasteiger partial charge in [0.15, 0.2) is 0 Å². The molecule has 0 atom stereocenters. The van der Waals surface area contributed by atoms with E-state index in [0.29, 0.717) is 5.02 Å². The Bertz CT molecular complexity index is 988. The van der Waals surface area contributed by atoms with E-state index in [2.05, 4.69) is 4.72 Å². The molecule has 0 aromatic heterocycles. The van der Waals surface area contributed by atoms with Crippen molar-refractivity contribution in [2.24, 2.45) is 0 Å². The second kappa shape index (κ2) is 7.83. The van der Waals surface area contributed by atoms with Gasteiger partial charge in [-0.2, -0.15) is 0 Å². The molecule has 142 valence electrons. The van der Waals surface area contributed by atoms with Gasteiger partial charge in [-0.1, -0.05) is 11.6 Å². The number of benzene rings is 2. The minimum absolute atomic E-state index is 0.00722. The lowest BCUT2D eigenvalue weighted by Crippen LogP contribution is -2.23. The molecule has 26 heavy (non-hydrogen) atoms. The highest BCUT2D eigenvalue weighted by Crippen LogP contribution is 2.30. The van der Waals surface area contributed by atoms with E-state index in [0.717, 1.165) is 4.31 Å². The zero-order valence-corrected chi connectivity index (χ0v) is 16.8. The van der Waals surface area contributed by atoms with E-state index in [9.17, 15) is 16.8 Å². The van der Waals surface area contributed by atoms with Gasteiger partial charge in [-0.15, -0.1) is 0 Å². The first-order valence-corrected chi connectivity index (χ1v) is 10.9. The average Bonchev–Trinajstić information content (AvgIpc) is 2.56. The lowest BCUT2D eigenvalue weighted by atomic mass is 10.3. The van der Waals surface area contributed by atoms with E-state index >= 15 is 0 Å². The fourth-order valence-corrected chi connectivity index (χ4v) is 4.30. The van der Waals surface area contributed by atoms with E-state index < -0.39 is 20.0 Å². The summed E-state index contributed by atoms with van der Waals surface area (Å²) in [6.07, 6.45) is 0. The standard InChI is InChI=1S/C16H19ClN2O5S2/c1-4-24-15-10-7-13(11-16(15)26(22,23)19(2)3)18-25(20,21)14-8-5-12(17)6-9-14/h5-11,18H,4H2,1-3H3. The van der Waals surface area contributed by atoms with Crippen LogP contribution in [0.5, 0.6) is 5.75 Å². The molecule has 0 heterocycles. The molecule has 2 aromatic rings. The van der Waals surface area contributed by atoms with Crippen molar-refractivity contribution in [2.45, 2.75) is 16.7 Å². The molecule has 10 heteroatoms. The minimum Gasteiger partial charge on any atom is -0.492 e. The van der Waals surface area contributed by atoms with Crippen LogP contribution in [0.3, 0.4) is 0 Å². The van der Waals surface area contributed by atoms with Gasteiger partial charge in [0.05, 0.1) is 17.2 Å². The van der Waals surface area contributed by atoms with Crippen molar-refractivity contribution in [2.75, 3.05) is 25.4 Å². The molecule has 0 unspecified atom stereocenters. The molecule has 0 aliphatic heterocycles. The third-order valence-corrected chi connectivity index (χ3v) is 6.86. The van der Waals surface area contributed by atoms with Crippen molar-refractivity contribution in [1.29, 1.82) is 0 Å². The van der Waals surface area contributed by atoms with Crippen LogP contribution >= 0.6 is 11.6 Å². The molecular formula is C16H19ClN2O5S2. The summed E-state index contributed by atoms with van der Waals surface area (Å²) in [7, 11) is -4.95. The normalized spacial score (nSPS) is 12.2. The number of hydrogen-bond donors (Lipinski definition) is 1. The van der Waals surface area contributed by atoms with Crippen LogP contribution in [0.2, 0.25) is 5.02 Å². The van der Waals surface area contributed by atoms with Gasteiger partial charge in [0.25, 0.3) is 10.0 Å². The Labute approximate surface area is 158 Å². The van der Waals surface area contributed by atoms with Crippen molar-refractivity contribution in [1.82, 2.24) is 4.31 Å². The van der Waals surface area contributed by atoms with E-state index in [4.69, 9.17) is 16.3 Å². The zero-order valence-electron chi connectivity index (χ0n) is 14.4. The summed E-state index contributed by atoms with van der Waals surface area (Å²) >= 11 is 5.77. The molecular weight excluding hydrogens is 400 g/mol. The van der Waals surface area contributed by atoms with Crippen LogP contribution in [0, 0.1) is 0 Å². The highest BCUT2D eigenvalue weighted by molar-refractivity contribution is 7.92. The molecule has 0 aliphatic rings. The first-order valence-electron chi connectivity index (χ1n) is 7.55. The van der Waals surface area contributed by atoms with Gasteiger partial charge in [-0.05, 0) is 49.4 Å². The third-order valence-electron chi connectivity index (χ3n) is 3.38. The molecule has 0 aliphatic carbocycles. The number of anilines is 1. The molecule has 0 amide bonds. The topological polar surface area (TPSA) is 92.8 Å². The van der Waals surface area contributed by atoms with E-state index in [1.54, 1.807) is 6.92 Å². The number of rotatable bonds is 7. The SMILES string of the molecule is CCOc1ccc(NS(=O)(=O)c2ccc(Cl)cc2)cc1S(=O)(=O)N(C)C. The third kappa shape index (κ3) is 4.47. The van der Waals surface area contributed by atoms with Gasteiger partial charge < -0.3 is 4.74 Å². The number of ether oxygens (including phenoxy) is 1. The maximum Gasteiger partial charge on any atom is 0.261 e. The molecule has 0 radical (unpaired) electrons. The average molecular weight is 419 g/mol. The summed E-state index contributed by atoms with van der Waals surface area (Å²) in [5.74, 6) is 0.149. The van der Waals surface area contributed by atoms with Crippen LogP contribution in [0.25, 0.3) is 0 Å². The molecule has 0 saturated carbocycles.